The molecule has 1 aliphatic heterocycles. The van der Waals surface area contributed by atoms with Gasteiger partial charge in [0.15, 0.2) is 5.78 Å². The number of benzene rings is 1. The summed E-state index contributed by atoms with van der Waals surface area (Å²) in [6.45, 7) is 7.31. The van der Waals surface area contributed by atoms with Crippen LogP contribution >= 0.6 is 15.9 Å². The van der Waals surface area contributed by atoms with E-state index in [-0.39, 0.29) is 17.9 Å². The van der Waals surface area contributed by atoms with Crippen molar-refractivity contribution in [3.8, 4) is 0 Å². The predicted molar refractivity (Wildman–Crippen MR) is 76.4 cm³/mol. The SMILES string of the molecule is CC(=O)c1ccc(Br)cc1N1CC(C)OCC1C. The van der Waals surface area contributed by atoms with Gasteiger partial charge >= 0.3 is 0 Å². The van der Waals surface area contributed by atoms with Gasteiger partial charge in [0.25, 0.3) is 0 Å². The van der Waals surface area contributed by atoms with E-state index in [1.165, 1.54) is 0 Å². The van der Waals surface area contributed by atoms with Crippen molar-refractivity contribution in [1.29, 1.82) is 0 Å². The van der Waals surface area contributed by atoms with Gasteiger partial charge in [0.05, 0.1) is 12.7 Å². The highest BCUT2D eigenvalue weighted by Crippen LogP contribution is 2.29. The molecule has 2 rings (SSSR count). The van der Waals surface area contributed by atoms with Crippen LogP contribution in [0.15, 0.2) is 22.7 Å². The van der Waals surface area contributed by atoms with E-state index in [0.29, 0.717) is 6.61 Å². The fourth-order valence-electron chi connectivity index (χ4n) is 2.28. The summed E-state index contributed by atoms with van der Waals surface area (Å²) in [5.41, 5.74) is 1.78. The summed E-state index contributed by atoms with van der Waals surface area (Å²) in [5.74, 6) is 0.101. The maximum Gasteiger partial charge on any atom is 0.161 e. The Morgan fingerprint density at radius 3 is 2.83 bits per heavy atom. The number of rotatable bonds is 2. The van der Waals surface area contributed by atoms with E-state index in [4.69, 9.17) is 4.74 Å². The van der Waals surface area contributed by atoms with Crippen LogP contribution in [-0.4, -0.2) is 31.1 Å². The highest BCUT2D eigenvalue weighted by atomic mass is 79.9. The Labute approximate surface area is 116 Å². The normalized spacial score (nSPS) is 24.1. The maximum atomic E-state index is 11.7. The van der Waals surface area contributed by atoms with Crippen LogP contribution in [0, 0.1) is 0 Å². The average Bonchev–Trinajstić information content (AvgIpc) is 2.31. The largest absolute Gasteiger partial charge is 0.375 e. The van der Waals surface area contributed by atoms with Gasteiger partial charge in [-0.05, 0) is 39.0 Å². The van der Waals surface area contributed by atoms with Gasteiger partial charge < -0.3 is 9.64 Å². The third kappa shape index (κ3) is 2.75. The zero-order chi connectivity index (χ0) is 13.3. The Kier molecular flexibility index (Phi) is 4.07. The van der Waals surface area contributed by atoms with Crippen molar-refractivity contribution in [1.82, 2.24) is 0 Å². The van der Waals surface area contributed by atoms with Gasteiger partial charge in [-0.1, -0.05) is 15.9 Å². The number of ketones is 1. The lowest BCUT2D eigenvalue weighted by Gasteiger charge is -2.39. The number of morpholine rings is 1. The minimum Gasteiger partial charge on any atom is -0.375 e. The number of Topliss-reactive ketones (excluding diaryl/α,β-unsaturated/α-hetero) is 1. The topological polar surface area (TPSA) is 29.5 Å². The van der Waals surface area contributed by atoms with Gasteiger partial charge in [-0.3, -0.25) is 4.79 Å². The van der Waals surface area contributed by atoms with Gasteiger partial charge in [0.2, 0.25) is 0 Å². The summed E-state index contributed by atoms with van der Waals surface area (Å²) in [5, 5.41) is 0. The van der Waals surface area contributed by atoms with Crippen molar-refractivity contribution in [2.75, 3.05) is 18.1 Å². The van der Waals surface area contributed by atoms with Crippen molar-refractivity contribution in [2.45, 2.75) is 32.9 Å². The van der Waals surface area contributed by atoms with Crippen LogP contribution in [0.3, 0.4) is 0 Å². The Morgan fingerprint density at radius 1 is 1.44 bits per heavy atom. The molecule has 98 valence electrons. The van der Waals surface area contributed by atoms with E-state index >= 15 is 0 Å². The number of hydrogen-bond acceptors (Lipinski definition) is 3. The molecule has 2 atom stereocenters. The number of hydrogen-bond donors (Lipinski definition) is 0. The van der Waals surface area contributed by atoms with Crippen molar-refractivity contribution >= 4 is 27.4 Å². The van der Waals surface area contributed by atoms with Crippen molar-refractivity contribution < 1.29 is 9.53 Å². The maximum absolute atomic E-state index is 11.7. The fourth-order valence-corrected chi connectivity index (χ4v) is 2.63. The van der Waals surface area contributed by atoms with E-state index in [1.807, 2.05) is 18.2 Å². The molecule has 1 saturated heterocycles. The summed E-state index contributed by atoms with van der Waals surface area (Å²) in [6.07, 6.45) is 0.194. The minimum atomic E-state index is 0.101. The third-order valence-corrected chi connectivity index (χ3v) is 3.75. The van der Waals surface area contributed by atoms with E-state index < -0.39 is 0 Å². The van der Waals surface area contributed by atoms with Crippen LogP contribution in [0.25, 0.3) is 0 Å². The lowest BCUT2D eigenvalue weighted by molar-refractivity contribution is 0.0343. The number of carbonyl (C=O) groups is 1. The molecular weight excluding hydrogens is 294 g/mol. The number of halogens is 1. The molecule has 18 heavy (non-hydrogen) atoms. The van der Waals surface area contributed by atoms with Crippen LogP contribution in [0.4, 0.5) is 5.69 Å². The first-order valence-electron chi connectivity index (χ1n) is 6.17. The average molecular weight is 312 g/mol. The highest BCUT2D eigenvalue weighted by Gasteiger charge is 2.26. The second-order valence-electron chi connectivity index (χ2n) is 4.86. The van der Waals surface area contributed by atoms with Crippen molar-refractivity contribution in [2.24, 2.45) is 0 Å². The smallest absolute Gasteiger partial charge is 0.161 e. The van der Waals surface area contributed by atoms with Crippen LogP contribution in [0.2, 0.25) is 0 Å². The summed E-state index contributed by atoms with van der Waals surface area (Å²) in [4.78, 5) is 14.0. The van der Waals surface area contributed by atoms with Gasteiger partial charge in [-0.25, -0.2) is 0 Å². The van der Waals surface area contributed by atoms with Crippen molar-refractivity contribution in [3.63, 3.8) is 0 Å². The van der Waals surface area contributed by atoms with Crippen LogP contribution in [-0.2, 0) is 4.74 Å². The summed E-state index contributed by atoms with van der Waals surface area (Å²) in [7, 11) is 0. The standard InChI is InChI=1S/C14H18BrNO2/c1-9-8-18-10(2)7-16(9)14-6-12(15)4-5-13(14)11(3)17/h4-6,9-10H,7-8H2,1-3H3. The highest BCUT2D eigenvalue weighted by molar-refractivity contribution is 9.10. The molecule has 2 unspecified atom stereocenters. The molecular formula is C14H18BrNO2. The zero-order valence-corrected chi connectivity index (χ0v) is 12.5. The molecule has 0 aliphatic carbocycles. The van der Waals surface area contributed by atoms with E-state index in [2.05, 4.69) is 34.7 Å². The number of nitrogens with zero attached hydrogens (tertiary/aromatic N) is 1. The van der Waals surface area contributed by atoms with Gasteiger partial charge in [-0.15, -0.1) is 0 Å². The van der Waals surface area contributed by atoms with Gasteiger partial charge in [-0.2, -0.15) is 0 Å². The monoisotopic (exact) mass is 311 g/mol. The quantitative estimate of drug-likeness (QED) is 0.785. The number of carbonyl (C=O) groups excluding carboxylic acids is 1. The molecule has 0 bridgehead atoms. The minimum absolute atomic E-state index is 0.101. The Hall–Kier alpha value is -0.870. The molecule has 0 amide bonds. The zero-order valence-electron chi connectivity index (χ0n) is 10.9. The first-order valence-corrected chi connectivity index (χ1v) is 6.97. The summed E-state index contributed by atoms with van der Waals surface area (Å²) < 4.78 is 6.63. The van der Waals surface area contributed by atoms with Crippen LogP contribution in [0.1, 0.15) is 31.1 Å². The summed E-state index contributed by atoms with van der Waals surface area (Å²) >= 11 is 3.48. The Bertz CT molecular complexity index is 461. The van der Waals surface area contributed by atoms with Crippen LogP contribution < -0.4 is 4.90 Å². The van der Waals surface area contributed by atoms with E-state index in [0.717, 1.165) is 22.3 Å². The van der Waals surface area contributed by atoms with Gasteiger partial charge in [0, 0.05) is 28.3 Å². The number of ether oxygens (including phenoxy) is 1. The summed E-state index contributed by atoms with van der Waals surface area (Å²) in [6, 6.07) is 6.10. The Morgan fingerprint density at radius 2 is 2.17 bits per heavy atom. The van der Waals surface area contributed by atoms with Gasteiger partial charge in [0.1, 0.15) is 0 Å². The predicted octanol–water partition coefficient (Wildman–Crippen LogP) is 3.27. The molecule has 0 spiro atoms. The second-order valence-corrected chi connectivity index (χ2v) is 5.78. The van der Waals surface area contributed by atoms with E-state index in [1.54, 1.807) is 6.92 Å². The molecule has 0 aromatic heterocycles. The first-order chi connectivity index (χ1) is 8.49. The fraction of sp³-hybridized carbons (Fsp3) is 0.500. The lowest BCUT2D eigenvalue weighted by atomic mass is 10.1. The lowest BCUT2D eigenvalue weighted by Crippen LogP contribution is -2.47. The number of anilines is 1. The molecule has 1 heterocycles. The molecule has 0 radical (unpaired) electrons. The second kappa shape index (κ2) is 5.41. The molecule has 0 saturated carbocycles. The Balaban J connectivity index is 2.41. The molecule has 1 aromatic rings. The van der Waals surface area contributed by atoms with Crippen LogP contribution in [0.5, 0.6) is 0 Å². The molecule has 0 N–H and O–H groups in total. The molecule has 1 aliphatic rings. The molecule has 3 nitrogen and oxygen atoms in total. The first kappa shape index (κ1) is 13.6. The molecule has 1 aromatic carbocycles. The molecule has 4 heteroatoms. The molecule has 1 fully saturated rings. The van der Waals surface area contributed by atoms with E-state index in [9.17, 15) is 4.79 Å². The van der Waals surface area contributed by atoms with Crippen molar-refractivity contribution in [3.05, 3.63) is 28.2 Å². The third-order valence-electron chi connectivity index (χ3n) is 3.26.